The van der Waals surface area contributed by atoms with E-state index in [9.17, 15) is 36.2 Å². The normalized spacial score (nSPS) is 20.8. The third-order valence-corrected chi connectivity index (χ3v) is 7.24. The average molecular weight is 528 g/mol. The van der Waals surface area contributed by atoms with Gasteiger partial charge in [0.25, 0.3) is 5.60 Å². The number of carbonyl (C=O) groups is 1. The highest BCUT2D eigenvalue weighted by molar-refractivity contribution is 5.91. The van der Waals surface area contributed by atoms with Gasteiger partial charge in [-0.3, -0.25) is 4.79 Å². The molecule has 0 saturated heterocycles. The number of hydrogen-bond acceptors (Lipinski definition) is 4. The lowest BCUT2D eigenvalue weighted by Crippen LogP contribution is -2.54. The number of ether oxygens (including phenoxy) is 1. The molecule has 200 valence electrons. The summed E-state index contributed by atoms with van der Waals surface area (Å²) >= 11 is 0. The molecule has 2 atom stereocenters. The molecule has 0 bridgehead atoms. The topological polar surface area (TPSA) is 61.8 Å². The fourth-order valence-corrected chi connectivity index (χ4v) is 4.94. The van der Waals surface area contributed by atoms with Crippen molar-refractivity contribution in [3.63, 3.8) is 0 Å². The van der Waals surface area contributed by atoms with Crippen LogP contribution in [0.4, 0.5) is 32.0 Å². The van der Waals surface area contributed by atoms with Gasteiger partial charge in [0.2, 0.25) is 5.91 Å². The second kappa shape index (κ2) is 8.68. The van der Waals surface area contributed by atoms with Crippen LogP contribution in [0.1, 0.15) is 42.1 Å². The van der Waals surface area contributed by atoms with E-state index in [1.54, 1.807) is 46.2 Å². The molecule has 2 aromatic rings. The minimum Gasteiger partial charge on any atom is -0.493 e. The molecule has 2 aliphatic rings. The fraction of sp³-hybridized carbons (Fsp3) is 0.423. The number of fused-ring (bicyclic) bond motifs is 4. The van der Waals surface area contributed by atoms with Gasteiger partial charge in [-0.1, -0.05) is 26.0 Å². The van der Waals surface area contributed by atoms with Gasteiger partial charge >= 0.3 is 12.4 Å². The van der Waals surface area contributed by atoms with Gasteiger partial charge in [0.15, 0.2) is 0 Å². The number of nitrogens with zero attached hydrogens (tertiary/aromatic N) is 1. The molecule has 0 spiro atoms. The molecule has 0 saturated carbocycles. The molecule has 1 amide bonds. The van der Waals surface area contributed by atoms with Gasteiger partial charge in [-0.2, -0.15) is 26.3 Å². The summed E-state index contributed by atoms with van der Waals surface area (Å²) in [5, 5.41) is 13.2. The van der Waals surface area contributed by atoms with E-state index >= 15 is 0 Å². The number of alkyl halides is 6. The Bertz CT molecular complexity index is 1240. The standard InChI is InChI=1S/C26H26F6N2O3/c1-23(2)17-12-15(24(36,25(27,28)29)26(30,31)32)7-8-19(17)33-22-16-11-14(6-10-21(35)34(3)4)5-9-20(16)37-13-18(22)23/h5-12,18,22,33,36H,13H2,1-4H3. The van der Waals surface area contributed by atoms with Crippen LogP contribution in [0.15, 0.2) is 42.5 Å². The number of rotatable bonds is 3. The van der Waals surface area contributed by atoms with Crippen molar-refractivity contribution in [1.82, 2.24) is 4.90 Å². The molecule has 37 heavy (non-hydrogen) atoms. The van der Waals surface area contributed by atoms with Crippen LogP contribution in [0.25, 0.3) is 6.08 Å². The monoisotopic (exact) mass is 528 g/mol. The van der Waals surface area contributed by atoms with Crippen molar-refractivity contribution >= 4 is 17.7 Å². The van der Waals surface area contributed by atoms with Crippen molar-refractivity contribution in [2.75, 3.05) is 26.0 Å². The zero-order chi connectivity index (χ0) is 27.6. The Morgan fingerprint density at radius 1 is 1.08 bits per heavy atom. The highest BCUT2D eigenvalue weighted by Gasteiger charge is 2.71. The molecule has 0 radical (unpaired) electrons. The summed E-state index contributed by atoms with van der Waals surface area (Å²) in [6, 6.07) is 7.57. The minimum absolute atomic E-state index is 0.165. The van der Waals surface area contributed by atoms with Crippen LogP contribution in [-0.4, -0.2) is 49.0 Å². The smallest absolute Gasteiger partial charge is 0.430 e. The second-order valence-electron chi connectivity index (χ2n) is 10.1. The van der Waals surface area contributed by atoms with E-state index in [0.29, 0.717) is 17.5 Å². The average Bonchev–Trinajstić information content (AvgIpc) is 2.80. The Hall–Kier alpha value is -3.21. The zero-order valence-corrected chi connectivity index (χ0v) is 20.5. The zero-order valence-electron chi connectivity index (χ0n) is 20.5. The van der Waals surface area contributed by atoms with Crippen molar-refractivity contribution < 1.29 is 41.0 Å². The number of hydrogen-bond donors (Lipinski definition) is 2. The number of nitrogens with one attached hydrogen (secondary N) is 1. The first-order chi connectivity index (χ1) is 17.0. The minimum atomic E-state index is -5.97. The van der Waals surface area contributed by atoms with Crippen LogP contribution >= 0.6 is 0 Å². The molecule has 0 aromatic heterocycles. The molecular weight excluding hydrogens is 502 g/mol. The first-order valence-corrected chi connectivity index (χ1v) is 11.4. The van der Waals surface area contributed by atoms with Crippen LogP contribution < -0.4 is 10.1 Å². The number of anilines is 1. The van der Waals surface area contributed by atoms with Gasteiger partial charge in [0.05, 0.1) is 12.6 Å². The number of aliphatic hydroxyl groups is 1. The number of benzene rings is 2. The Labute approximate surface area is 209 Å². The largest absolute Gasteiger partial charge is 0.493 e. The molecule has 2 N–H and O–H groups in total. The number of carbonyl (C=O) groups excluding carboxylic acids is 1. The van der Waals surface area contributed by atoms with Crippen LogP contribution in [0.2, 0.25) is 0 Å². The molecule has 2 aromatic carbocycles. The molecule has 4 rings (SSSR count). The number of likely N-dealkylation sites (N-methyl/N-ethyl adjacent to an activating group) is 1. The molecule has 11 heteroatoms. The summed E-state index contributed by atoms with van der Waals surface area (Å²) < 4.78 is 86.9. The predicted octanol–water partition coefficient (Wildman–Crippen LogP) is 5.55. The Morgan fingerprint density at radius 3 is 2.32 bits per heavy atom. The summed E-state index contributed by atoms with van der Waals surface area (Å²) in [6.07, 6.45) is -8.88. The van der Waals surface area contributed by atoms with Gasteiger partial charge in [-0.05, 0) is 41.5 Å². The highest BCUT2D eigenvalue weighted by Crippen LogP contribution is 2.55. The maximum absolute atomic E-state index is 13.5. The molecule has 0 fully saturated rings. The van der Waals surface area contributed by atoms with E-state index in [4.69, 9.17) is 4.74 Å². The third-order valence-electron chi connectivity index (χ3n) is 7.24. The first-order valence-electron chi connectivity index (χ1n) is 11.4. The Kier molecular flexibility index (Phi) is 6.30. The van der Waals surface area contributed by atoms with Gasteiger partial charge < -0.3 is 20.1 Å². The van der Waals surface area contributed by atoms with Crippen molar-refractivity contribution in [2.45, 2.75) is 43.3 Å². The van der Waals surface area contributed by atoms with Crippen LogP contribution in [0.5, 0.6) is 5.75 Å². The van der Waals surface area contributed by atoms with Gasteiger partial charge in [0, 0.05) is 48.3 Å². The molecule has 5 nitrogen and oxygen atoms in total. The maximum atomic E-state index is 13.5. The van der Waals surface area contributed by atoms with E-state index < -0.39 is 28.9 Å². The van der Waals surface area contributed by atoms with Crippen molar-refractivity contribution in [2.24, 2.45) is 5.92 Å². The van der Waals surface area contributed by atoms with E-state index in [0.717, 1.165) is 23.3 Å². The van der Waals surface area contributed by atoms with Crippen LogP contribution in [-0.2, 0) is 15.8 Å². The van der Waals surface area contributed by atoms with Gasteiger partial charge in [0.1, 0.15) is 5.75 Å². The maximum Gasteiger partial charge on any atom is 0.430 e. The summed E-state index contributed by atoms with van der Waals surface area (Å²) in [5.74, 6) is 0.0191. The van der Waals surface area contributed by atoms with E-state index in [1.807, 2.05) is 6.07 Å². The first kappa shape index (κ1) is 26.8. The summed E-state index contributed by atoms with van der Waals surface area (Å²) in [6.45, 7) is 3.61. The van der Waals surface area contributed by atoms with Crippen LogP contribution in [0.3, 0.4) is 0 Å². The molecular formula is C26H26F6N2O3. The van der Waals surface area contributed by atoms with E-state index in [2.05, 4.69) is 5.32 Å². The number of halogens is 6. The Morgan fingerprint density at radius 2 is 1.73 bits per heavy atom. The quantitative estimate of drug-likeness (QED) is 0.405. The molecule has 2 aliphatic heterocycles. The Balaban J connectivity index is 1.77. The third kappa shape index (κ3) is 4.32. The molecule has 2 unspecified atom stereocenters. The van der Waals surface area contributed by atoms with Crippen molar-refractivity contribution in [3.8, 4) is 5.75 Å². The predicted molar refractivity (Wildman–Crippen MR) is 125 cm³/mol. The van der Waals surface area contributed by atoms with Crippen molar-refractivity contribution in [3.05, 3.63) is 64.7 Å². The summed E-state index contributed by atoms with van der Waals surface area (Å²) in [4.78, 5) is 13.3. The van der Waals surface area contributed by atoms with Crippen LogP contribution in [0, 0.1) is 5.92 Å². The molecule has 0 aliphatic carbocycles. The van der Waals surface area contributed by atoms with E-state index in [1.165, 1.54) is 11.0 Å². The second-order valence-corrected chi connectivity index (χ2v) is 10.1. The van der Waals surface area contributed by atoms with Gasteiger partial charge in [-0.15, -0.1) is 0 Å². The SMILES string of the molecule is CN(C)C(=O)C=Cc1ccc2c(c1)C1Nc3ccc(C(O)(C(F)(F)F)C(F)(F)F)cc3C(C)(C)C1CO2. The van der Waals surface area contributed by atoms with E-state index in [-0.39, 0.29) is 30.0 Å². The number of amides is 1. The van der Waals surface area contributed by atoms with Crippen molar-refractivity contribution in [1.29, 1.82) is 0 Å². The highest BCUT2D eigenvalue weighted by atomic mass is 19.4. The van der Waals surface area contributed by atoms with Gasteiger partial charge in [-0.25, -0.2) is 0 Å². The fourth-order valence-electron chi connectivity index (χ4n) is 4.94. The summed E-state index contributed by atoms with van der Waals surface area (Å²) in [7, 11) is 3.25. The lowest BCUT2D eigenvalue weighted by Gasteiger charge is -2.49. The lowest BCUT2D eigenvalue weighted by molar-refractivity contribution is -0.376. The molecule has 2 heterocycles. The lowest BCUT2D eigenvalue weighted by atomic mass is 9.64. The summed E-state index contributed by atoms with van der Waals surface area (Å²) in [5.41, 5.74) is -5.20.